The van der Waals surface area contributed by atoms with Crippen LogP contribution in [0.2, 0.25) is 0 Å². The normalized spacial score (nSPS) is 13.9. The molecule has 0 saturated heterocycles. The highest BCUT2D eigenvalue weighted by Crippen LogP contribution is 2.35. The third-order valence-corrected chi connectivity index (χ3v) is 5.12. The van der Waals surface area contributed by atoms with Crippen LogP contribution in [0.15, 0.2) is 66.7 Å². The van der Waals surface area contributed by atoms with Crippen LogP contribution in [0.5, 0.6) is 23.0 Å². The van der Waals surface area contributed by atoms with Crippen molar-refractivity contribution in [2.75, 3.05) is 36.8 Å². The average Bonchev–Trinajstić information content (AvgIpc) is 3.29. The van der Waals surface area contributed by atoms with Gasteiger partial charge in [-0.05, 0) is 48.5 Å². The van der Waals surface area contributed by atoms with E-state index in [-0.39, 0.29) is 25.2 Å². The number of nitrogens with zero attached hydrogens (tertiary/aromatic N) is 1. The summed E-state index contributed by atoms with van der Waals surface area (Å²) in [7, 11) is 0. The molecule has 0 aromatic heterocycles. The van der Waals surface area contributed by atoms with Crippen LogP contribution in [-0.2, 0) is 4.79 Å². The van der Waals surface area contributed by atoms with Crippen molar-refractivity contribution in [3.05, 3.63) is 72.3 Å². The molecule has 0 fully saturated rings. The van der Waals surface area contributed by atoms with Crippen LogP contribution in [0.1, 0.15) is 10.4 Å². The van der Waals surface area contributed by atoms with Crippen LogP contribution >= 0.6 is 0 Å². The fourth-order valence-corrected chi connectivity index (χ4v) is 3.54. The second kappa shape index (κ2) is 8.50. The van der Waals surface area contributed by atoms with Crippen LogP contribution in [0.25, 0.3) is 0 Å². The topological polar surface area (TPSA) is 86.3 Å². The minimum absolute atomic E-state index is 0.0404. The summed E-state index contributed by atoms with van der Waals surface area (Å²) in [6, 6.07) is 19.6. The Labute approximate surface area is 184 Å². The largest absolute Gasteiger partial charge is 0.492 e. The number of carbonyl (C=O) groups is 2. The van der Waals surface area contributed by atoms with Crippen molar-refractivity contribution >= 4 is 23.2 Å². The zero-order valence-electron chi connectivity index (χ0n) is 17.1. The van der Waals surface area contributed by atoms with Gasteiger partial charge in [0.15, 0.2) is 18.1 Å². The molecule has 3 aromatic rings. The minimum atomic E-state index is -0.301. The summed E-state index contributed by atoms with van der Waals surface area (Å²) in [5.74, 6) is 1.98. The molecule has 0 unspecified atom stereocenters. The number of anilines is 2. The molecule has 0 saturated carbocycles. The van der Waals surface area contributed by atoms with Crippen molar-refractivity contribution in [3.63, 3.8) is 0 Å². The molecule has 5 rings (SSSR count). The molecule has 0 spiro atoms. The zero-order chi connectivity index (χ0) is 21.9. The highest BCUT2D eigenvalue weighted by atomic mass is 16.7. The molecular formula is C24H20N2O6. The molecular weight excluding hydrogens is 412 g/mol. The lowest BCUT2D eigenvalue weighted by Crippen LogP contribution is -2.41. The van der Waals surface area contributed by atoms with Crippen LogP contribution in [0.3, 0.4) is 0 Å². The first-order valence-corrected chi connectivity index (χ1v) is 10.1. The van der Waals surface area contributed by atoms with Gasteiger partial charge in [-0.1, -0.05) is 18.2 Å². The molecule has 162 valence electrons. The van der Waals surface area contributed by atoms with E-state index in [1.807, 2.05) is 30.3 Å². The molecule has 2 aliphatic heterocycles. The molecule has 8 heteroatoms. The maximum absolute atomic E-state index is 12.7. The number of fused-ring (bicyclic) bond motifs is 2. The minimum Gasteiger partial charge on any atom is -0.492 e. The fraction of sp³-hybridized carbons (Fsp3) is 0.167. The van der Waals surface area contributed by atoms with E-state index in [0.29, 0.717) is 47.3 Å². The SMILES string of the molecule is O=C(Nc1ccc2c(c1)N(CCOc1ccccc1)C(=O)CO2)c1ccc2c(c1)OCO2. The Morgan fingerprint density at radius 1 is 0.938 bits per heavy atom. The van der Waals surface area contributed by atoms with E-state index in [9.17, 15) is 9.59 Å². The second-order valence-corrected chi connectivity index (χ2v) is 7.20. The van der Waals surface area contributed by atoms with Crippen molar-refractivity contribution in [1.29, 1.82) is 0 Å². The van der Waals surface area contributed by atoms with E-state index in [2.05, 4.69) is 5.32 Å². The lowest BCUT2D eigenvalue weighted by molar-refractivity contribution is -0.121. The number of hydrogen-bond acceptors (Lipinski definition) is 6. The maximum atomic E-state index is 12.7. The molecule has 0 aliphatic carbocycles. The van der Waals surface area contributed by atoms with Crippen LogP contribution in [0, 0.1) is 0 Å². The molecule has 2 heterocycles. The van der Waals surface area contributed by atoms with Crippen molar-refractivity contribution in [2.24, 2.45) is 0 Å². The van der Waals surface area contributed by atoms with E-state index < -0.39 is 0 Å². The number of nitrogens with one attached hydrogen (secondary N) is 1. The third kappa shape index (κ3) is 4.02. The molecule has 2 aliphatic rings. The Bertz CT molecular complexity index is 1160. The Morgan fingerprint density at radius 3 is 2.62 bits per heavy atom. The summed E-state index contributed by atoms with van der Waals surface area (Å²) >= 11 is 0. The summed E-state index contributed by atoms with van der Waals surface area (Å²) in [5.41, 5.74) is 1.56. The van der Waals surface area contributed by atoms with Gasteiger partial charge in [-0.2, -0.15) is 0 Å². The van der Waals surface area contributed by atoms with Crippen molar-refractivity contribution in [3.8, 4) is 23.0 Å². The summed E-state index contributed by atoms with van der Waals surface area (Å²) in [5, 5.41) is 2.86. The van der Waals surface area contributed by atoms with E-state index in [4.69, 9.17) is 18.9 Å². The van der Waals surface area contributed by atoms with Gasteiger partial charge >= 0.3 is 0 Å². The highest BCUT2D eigenvalue weighted by molar-refractivity contribution is 6.05. The first kappa shape index (κ1) is 19.7. The maximum Gasteiger partial charge on any atom is 0.265 e. The Hall–Kier alpha value is -4.20. The standard InChI is InChI=1S/C24H20N2O6/c27-23-14-30-20-9-7-17(25-24(28)16-6-8-21-22(12-16)32-15-31-21)13-19(20)26(23)10-11-29-18-4-2-1-3-5-18/h1-9,12-13H,10-11,14-15H2,(H,25,28). The van der Waals surface area contributed by atoms with E-state index >= 15 is 0 Å². The van der Waals surface area contributed by atoms with Crippen LogP contribution < -0.4 is 29.2 Å². The van der Waals surface area contributed by atoms with Gasteiger partial charge in [-0.25, -0.2) is 0 Å². The first-order chi connectivity index (χ1) is 15.7. The summed E-state index contributed by atoms with van der Waals surface area (Å²) in [6.45, 7) is 0.775. The van der Waals surface area contributed by atoms with Gasteiger partial charge in [0.05, 0.1) is 12.2 Å². The molecule has 32 heavy (non-hydrogen) atoms. The number of rotatable bonds is 6. The van der Waals surface area contributed by atoms with Gasteiger partial charge in [-0.3, -0.25) is 9.59 Å². The summed E-state index contributed by atoms with van der Waals surface area (Å²) in [6.07, 6.45) is 0. The fourth-order valence-electron chi connectivity index (χ4n) is 3.54. The van der Waals surface area contributed by atoms with Gasteiger partial charge < -0.3 is 29.2 Å². The second-order valence-electron chi connectivity index (χ2n) is 7.20. The van der Waals surface area contributed by atoms with Crippen LogP contribution in [-0.4, -0.2) is 38.4 Å². The predicted octanol–water partition coefficient (Wildman–Crippen LogP) is 3.47. The molecule has 0 bridgehead atoms. The Morgan fingerprint density at radius 2 is 1.75 bits per heavy atom. The van der Waals surface area contributed by atoms with Gasteiger partial charge in [0, 0.05) is 11.3 Å². The quantitative estimate of drug-likeness (QED) is 0.642. The molecule has 8 nitrogen and oxygen atoms in total. The van der Waals surface area contributed by atoms with Crippen LogP contribution in [0.4, 0.5) is 11.4 Å². The number of hydrogen-bond donors (Lipinski definition) is 1. The first-order valence-electron chi connectivity index (χ1n) is 10.1. The Kier molecular flexibility index (Phi) is 5.25. The van der Waals surface area contributed by atoms with Crippen molar-refractivity contribution in [2.45, 2.75) is 0 Å². The summed E-state index contributed by atoms with van der Waals surface area (Å²) < 4.78 is 21.9. The molecule has 3 aromatic carbocycles. The molecule has 2 amide bonds. The lowest BCUT2D eigenvalue weighted by atomic mass is 10.1. The van der Waals surface area contributed by atoms with Gasteiger partial charge in [0.1, 0.15) is 18.1 Å². The van der Waals surface area contributed by atoms with Gasteiger partial charge in [0.25, 0.3) is 11.8 Å². The smallest absolute Gasteiger partial charge is 0.265 e. The highest BCUT2D eigenvalue weighted by Gasteiger charge is 2.26. The van der Waals surface area contributed by atoms with Crippen molar-refractivity contribution < 1.29 is 28.5 Å². The average molecular weight is 432 g/mol. The Balaban J connectivity index is 1.30. The summed E-state index contributed by atoms with van der Waals surface area (Å²) in [4.78, 5) is 26.8. The van der Waals surface area contributed by atoms with E-state index in [0.717, 1.165) is 5.75 Å². The number of benzene rings is 3. The van der Waals surface area contributed by atoms with Gasteiger partial charge in [-0.15, -0.1) is 0 Å². The number of amides is 2. The van der Waals surface area contributed by atoms with Crippen molar-refractivity contribution in [1.82, 2.24) is 0 Å². The van der Waals surface area contributed by atoms with Gasteiger partial charge in [0.2, 0.25) is 6.79 Å². The monoisotopic (exact) mass is 432 g/mol. The lowest BCUT2D eigenvalue weighted by Gasteiger charge is -2.29. The van der Waals surface area contributed by atoms with E-state index in [1.54, 1.807) is 41.3 Å². The predicted molar refractivity (Wildman–Crippen MR) is 117 cm³/mol. The van der Waals surface area contributed by atoms with E-state index in [1.165, 1.54) is 0 Å². The molecule has 0 radical (unpaired) electrons. The molecule has 0 atom stereocenters. The molecule has 1 N–H and O–H groups in total. The third-order valence-electron chi connectivity index (χ3n) is 5.12. The number of ether oxygens (including phenoxy) is 4. The number of para-hydroxylation sites is 1. The zero-order valence-corrected chi connectivity index (χ0v) is 17.1. The number of carbonyl (C=O) groups excluding carboxylic acids is 2.